The van der Waals surface area contributed by atoms with Crippen molar-refractivity contribution in [3.63, 3.8) is 0 Å². The van der Waals surface area contributed by atoms with Gasteiger partial charge in [-0.3, -0.25) is 4.79 Å². The average molecular weight is 325 g/mol. The minimum Gasteiger partial charge on any atom is -0.355 e. The summed E-state index contributed by atoms with van der Waals surface area (Å²) < 4.78 is 0. The molecule has 1 aliphatic carbocycles. The second-order valence-electron chi connectivity index (χ2n) is 7.30. The van der Waals surface area contributed by atoms with Gasteiger partial charge in [-0.15, -0.1) is 0 Å². The number of fused-ring (bicyclic) bond motifs is 4. The molecule has 0 saturated heterocycles. The van der Waals surface area contributed by atoms with Gasteiger partial charge in [-0.2, -0.15) is 0 Å². The van der Waals surface area contributed by atoms with Crippen LogP contribution >= 0.6 is 0 Å². The second-order valence-corrected chi connectivity index (χ2v) is 7.30. The van der Waals surface area contributed by atoms with E-state index in [1.807, 2.05) is 13.0 Å². The summed E-state index contributed by atoms with van der Waals surface area (Å²) in [4.78, 5) is 13.0. The molecule has 0 fully saturated rings. The maximum atomic E-state index is 13.0. The number of carbonyl (C=O) groups excluding carboxylic acids is 1. The van der Waals surface area contributed by atoms with Crippen LogP contribution in [0.2, 0.25) is 0 Å². The first-order valence-corrected chi connectivity index (χ1v) is 8.75. The van der Waals surface area contributed by atoms with Gasteiger partial charge in [0.05, 0.1) is 0 Å². The van der Waals surface area contributed by atoms with Crippen LogP contribution in [0.1, 0.15) is 49.3 Å². The highest BCUT2D eigenvalue weighted by Gasteiger charge is 2.26. The molecule has 0 radical (unpaired) electrons. The minimum absolute atomic E-state index is 0.152. The number of carbonyl (C=O) groups is 1. The van der Waals surface area contributed by atoms with Crippen LogP contribution in [0, 0.1) is 13.8 Å². The van der Waals surface area contributed by atoms with E-state index in [0.29, 0.717) is 0 Å². The standard InChI is InChI=1S/C23H19NO/c1-13-4-6-21-17(7-13)11-18-10-16-9-15-5-3-14(2)8-19(15)23(25)20(16)12-22(18)24-21/h3-8,10,12,24H,9,11H2,1-2H3. The van der Waals surface area contributed by atoms with Gasteiger partial charge < -0.3 is 5.32 Å². The van der Waals surface area contributed by atoms with E-state index >= 15 is 0 Å². The zero-order valence-electron chi connectivity index (χ0n) is 14.4. The van der Waals surface area contributed by atoms with Crippen molar-refractivity contribution >= 4 is 17.2 Å². The van der Waals surface area contributed by atoms with Crippen LogP contribution < -0.4 is 5.32 Å². The van der Waals surface area contributed by atoms with Crippen LogP contribution in [-0.4, -0.2) is 5.78 Å². The summed E-state index contributed by atoms with van der Waals surface area (Å²) in [6.07, 6.45) is 1.76. The third-order valence-electron chi connectivity index (χ3n) is 5.38. The Morgan fingerprint density at radius 2 is 1.36 bits per heavy atom. The van der Waals surface area contributed by atoms with E-state index < -0.39 is 0 Å². The van der Waals surface area contributed by atoms with Crippen LogP contribution in [0.25, 0.3) is 0 Å². The first kappa shape index (κ1) is 14.5. The summed E-state index contributed by atoms with van der Waals surface area (Å²) in [5.41, 5.74) is 11.2. The zero-order chi connectivity index (χ0) is 17.1. The summed E-state index contributed by atoms with van der Waals surface area (Å²) >= 11 is 0. The number of hydrogen-bond acceptors (Lipinski definition) is 2. The molecule has 1 N–H and O–H groups in total. The average Bonchev–Trinajstić information content (AvgIpc) is 2.60. The van der Waals surface area contributed by atoms with Gasteiger partial charge in [0.2, 0.25) is 0 Å². The maximum Gasteiger partial charge on any atom is 0.193 e. The first-order valence-electron chi connectivity index (χ1n) is 8.75. The quantitative estimate of drug-likeness (QED) is 0.430. The highest BCUT2D eigenvalue weighted by atomic mass is 16.1. The fourth-order valence-electron chi connectivity index (χ4n) is 4.06. The van der Waals surface area contributed by atoms with E-state index in [0.717, 1.165) is 52.0 Å². The molecular weight excluding hydrogens is 306 g/mol. The minimum atomic E-state index is 0.152. The van der Waals surface area contributed by atoms with Crippen LogP contribution in [0.3, 0.4) is 0 Å². The molecule has 2 heteroatoms. The lowest BCUT2D eigenvalue weighted by Gasteiger charge is -2.26. The Morgan fingerprint density at radius 3 is 2.24 bits per heavy atom. The fourth-order valence-corrected chi connectivity index (χ4v) is 4.06. The monoisotopic (exact) mass is 325 g/mol. The molecule has 0 aromatic heterocycles. The molecule has 122 valence electrons. The molecule has 0 spiro atoms. The molecule has 1 heterocycles. The Kier molecular flexibility index (Phi) is 2.93. The van der Waals surface area contributed by atoms with E-state index in [1.54, 1.807) is 0 Å². The lowest BCUT2D eigenvalue weighted by Crippen LogP contribution is -2.17. The van der Waals surface area contributed by atoms with Gasteiger partial charge in [0.25, 0.3) is 0 Å². The number of aryl methyl sites for hydroxylation is 2. The fraction of sp³-hybridized carbons (Fsp3) is 0.174. The Bertz CT molecular complexity index is 1060. The van der Waals surface area contributed by atoms with Crippen molar-refractivity contribution in [2.45, 2.75) is 26.7 Å². The van der Waals surface area contributed by atoms with Crippen molar-refractivity contribution in [1.82, 2.24) is 0 Å². The number of rotatable bonds is 0. The number of hydrogen-bond donors (Lipinski definition) is 1. The normalized spacial score (nSPS) is 14.1. The van der Waals surface area contributed by atoms with Gasteiger partial charge in [-0.1, -0.05) is 41.5 Å². The maximum absolute atomic E-state index is 13.0. The molecule has 3 aromatic rings. The largest absolute Gasteiger partial charge is 0.355 e. The van der Waals surface area contributed by atoms with Crippen molar-refractivity contribution in [2.75, 3.05) is 5.32 Å². The summed E-state index contributed by atoms with van der Waals surface area (Å²) in [7, 11) is 0. The predicted octanol–water partition coefficient (Wildman–Crippen LogP) is 5.09. The number of anilines is 2. The van der Waals surface area contributed by atoms with Crippen LogP contribution in [0.4, 0.5) is 11.4 Å². The lowest BCUT2D eigenvalue weighted by molar-refractivity contribution is 0.103. The van der Waals surface area contributed by atoms with Gasteiger partial charge >= 0.3 is 0 Å². The first-order chi connectivity index (χ1) is 12.1. The summed E-state index contributed by atoms with van der Waals surface area (Å²) in [6.45, 7) is 4.16. The summed E-state index contributed by atoms with van der Waals surface area (Å²) in [5, 5.41) is 3.52. The van der Waals surface area contributed by atoms with Gasteiger partial charge in [0.15, 0.2) is 5.78 Å². The molecule has 0 unspecified atom stereocenters. The molecule has 2 aliphatic rings. The topological polar surface area (TPSA) is 29.1 Å². The van der Waals surface area contributed by atoms with Crippen molar-refractivity contribution in [2.24, 2.45) is 0 Å². The molecule has 5 rings (SSSR count). The number of ketones is 1. The number of benzene rings is 3. The highest BCUT2D eigenvalue weighted by molar-refractivity contribution is 6.13. The van der Waals surface area contributed by atoms with Crippen LogP contribution in [-0.2, 0) is 12.8 Å². The number of nitrogens with one attached hydrogen (secondary N) is 1. The third-order valence-corrected chi connectivity index (χ3v) is 5.38. The third kappa shape index (κ3) is 2.21. The van der Waals surface area contributed by atoms with Gasteiger partial charge in [0.1, 0.15) is 0 Å². The zero-order valence-corrected chi connectivity index (χ0v) is 14.4. The molecule has 0 atom stereocenters. The van der Waals surface area contributed by atoms with E-state index in [4.69, 9.17) is 0 Å². The summed E-state index contributed by atoms with van der Waals surface area (Å²) in [6, 6.07) is 17.0. The molecule has 3 aromatic carbocycles. The Morgan fingerprint density at radius 1 is 0.680 bits per heavy atom. The molecule has 2 nitrogen and oxygen atoms in total. The van der Waals surface area contributed by atoms with E-state index in [2.05, 4.69) is 54.7 Å². The van der Waals surface area contributed by atoms with Crippen LogP contribution in [0.15, 0.2) is 48.5 Å². The van der Waals surface area contributed by atoms with Crippen molar-refractivity contribution in [3.8, 4) is 0 Å². The molecule has 0 amide bonds. The molecule has 0 saturated carbocycles. The van der Waals surface area contributed by atoms with Gasteiger partial charge in [-0.25, -0.2) is 0 Å². The van der Waals surface area contributed by atoms with Gasteiger partial charge in [-0.05, 0) is 60.7 Å². The Hall–Kier alpha value is -2.87. The smallest absolute Gasteiger partial charge is 0.193 e. The van der Waals surface area contributed by atoms with Crippen molar-refractivity contribution < 1.29 is 4.79 Å². The molecule has 1 aliphatic heterocycles. The molecule has 0 bridgehead atoms. The predicted molar refractivity (Wildman–Crippen MR) is 101 cm³/mol. The van der Waals surface area contributed by atoms with E-state index in [9.17, 15) is 4.79 Å². The van der Waals surface area contributed by atoms with Crippen molar-refractivity contribution in [1.29, 1.82) is 0 Å². The van der Waals surface area contributed by atoms with Crippen LogP contribution in [0.5, 0.6) is 0 Å². The lowest BCUT2D eigenvalue weighted by atomic mass is 9.82. The van der Waals surface area contributed by atoms with Crippen molar-refractivity contribution in [3.05, 3.63) is 93.0 Å². The van der Waals surface area contributed by atoms with E-state index in [1.165, 1.54) is 16.7 Å². The second kappa shape index (κ2) is 5.06. The molecule has 25 heavy (non-hydrogen) atoms. The summed E-state index contributed by atoms with van der Waals surface area (Å²) in [5.74, 6) is 0.152. The Balaban J connectivity index is 1.62. The van der Waals surface area contributed by atoms with Gasteiger partial charge in [0, 0.05) is 28.9 Å². The Labute approximate surface area is 147 Å². The molecular formula is C23H19NO. The highest BCUT2D eigenvalue weighted by Crippen LogP contribution is 2.38. The van der Waals surface area contributed by atoms with E-state index in [-0.39, 0.29) is 5.78 Å². The SMILES string of the molecule is Cc1ccc2c(c1)Cc1cc3c(cc1N2)C(=O)c1cc(C)ccc1C3.